The smallest absolute Gasteiger partial charge is 0.251 e. The maximum Gasteiger partial charge on any atom is 0.251 e. The van der Waals surface area contributed by atoms with Crippen molar-refractivity contribution in [1.82, 2.24) is 10.3 Å². The third kappa shape index (κ3) is 2.90. The molecule has 0 bridgehead atoms. The van der Waals surface area contributed by atoms with Gasteiger partial charge in [0.1, 0.15) is 0 Å². The highest BCUT2D eigenvalue weighted by atomic mass is 35.5. The van der Waals surface area contributed by atoms with Gasteiger partial charge in [-0.2, -0.15) is 0 Å². The van der Waals surface area contributed by atoms with E-state index in [4.69, 9.17) is 21.1 Å². The summed E-state index contributed by atoms with van der Waals surface area (Å²) in [7, 11) is 0. The van der Waals surface area contributed by atoms with Crippen LogP contribution in [0.2, 0.25) is 5.02 Å². The van der Waals surface area contributed by atoms with Crippen LogP contribution in [0, 0.1) is 0 Å². The monoisotopic (exact) mass is 360 g/mol. The molecule has 0 aliphatic carbocycles. The van der Waals surface area contributed by atoms with E-state index < -0.39 is 0 Å². The minimum atomic E-state index is -0.198. The van der Waals surface area contributed by atoms with Crippen LogP contribution in [0.15, 0.2) is 36.4 Å². The van der Waals surface area contributed by atoms with Gasteiger partial charge < -0.3 is 14.8 Å². The van der Waals surface area contributed by atoms with Gasteiger partial charge in [-0.3, -0.25) is 4.79 Å². The summed E-state index contributed by atoms with van der Waals surface area (Å²) in [5.74, 6) is 0.790. The number of ether oxygens (including phenoxy) is 2. The van der Waals surface area contributed by atoms with E-state index in [-0.39, 0.29) is 12.7 Å². The molecule has 122 valence electrons. The zero-order chi connectivity index (χ0) is 16.5. The molecule has 2 aromatic carbocycles. The van der Waals surface area contributed by atoms with Crippen molar-refractivity contribution >= 4 is 39.1 Å². The number of hydrogen-bond acceptors (Lipinski definition) is 5. The standard InChI is InChI=1S/C17H13ClN2O3S/c18-11-7-10(8-13-16(11)23-9-22-13)17(21)19-6-5-15-20-12-3-1-2-4-14(12)24-15/h1-4,7-8H,5-6,9H2,(H,19,21). The second-order valence-corrected chi connectivity index (χ2v) is 6.80. The number of benzene rings is 2. The maximum atomic E-state index is 12.3. The van der Waals surface area contributed by atoms with Crippen LogP contribution < -0.4 is 14.8 Å². The third-order valence-electron chi connectivity index (χ3n) is 3.65. The van der Waals surface area contributed by atoms with E-state index in [9.17, 15) is 4.79 Å². The number of carbonyl (C=O) groups excluding carboxylic acids is 1. The van der Waals surface area contributed by atoms with Gasteiger partial charge in [0, 0.05) is 18.5 Å². The Morgan fingerprint density at radius 2 is 2.17 bits per heavy atom. The lowest BCUT2D eigenvalue weighted by molar-refractivity contribution is 0.0953. The van der Waals surface area contributed by atoms with Gasteiger partial charge in [-0.05, 0) is 24.3 Å². The van der Waals surface area contributed by atoms with E-state index in [1.54, 1.807) is 23.5 Å². The summed E-state index contributed by atoms with van der Waals surface area (Å²) in [6.07, 6.45) is 0.684. The Bertz CT molecular complexity index is 892. The molecule has 3 aromatic rings. The summed E-state index contributed by atoms with van der Waals surface area (Å²) >= 11 is 7.74. The Balaban J connectivity index is 1.41. The third-order valence-corrected chi connectivity index (χ3v) is 5.03. The van der Waals surface area contributed by atoms with Crippen molar-refractivity contribution in [3.05, 3.63) is 52.0 Å². The molecule has 0 fully saturated rings. The number of aromatic nitrogens is 1. The number of carbonyl (C=O) groups is 1. The number of rotatable bonds is 4. The summed E-state index contributed by atoms with van der Waals surface area (Å²) in [4.78, 5) is 16.8. The van der Waals surface area contributed by atoms with Crippen molar-refractivity contribution in [2.45, 2.75) is 6.42 Å². The van der Waals surface area contributed by atoms with Gasteiger partial charge in [0.05, 0.1) is 20.2 Å². The largest absolute Gasteiger partial charge is 0.454 e. The number of fused-ring (bicyclic) bond motifs is 2. The lowest BCUT2D eigenvalue weighted by atomic mass is 10.2. The first-order valence-electron chi connectivity index (χ1n) is 7.42. The van der Waals surface area contributed by atoms with Gasteiger partial charge in [0.25, 0.3) is 5.91 Å². The molecule has 7 heteroatoms. The molecule has 0 unspecified atom stereocenters. The van der Waals surface area contributed by atoms with Crippen LogP contribution in [-0.4, -0.2) is 24.2 Å². The summed E-state index contributed by atoms with van der Waals surface area (Å²) in [6, 6.07) is 11.2. The highest BCUT2D eigenvalue weighted by Crippen LogP contribution is 2.39. The van der Waals surface area contributed by atoms with Gasteiger partial charge in [-0.1, -0.05) is 23.7 Å². The first-order chi connectivity index (χ1) is 11.7. The second kappa shape index (κ2) is 6.30. The fraction of sp³-hybridized carbons (Fsp3) is 0.176. The van der Waals surface area contributed by atoms with Crippen molar-refractivity contribution in [2.24, 2.45) is 0 Å². The Hall–Kier alpha value is -2.31. The SMILES string of the molecule is O=C(NCCc1nc2ccccc2s1)c1cc(Cl)c2c(c1)OCO2. The molecule has 0 spiro atoms. The predicted molar refractivity (Wildman–Crippen MR) is 93.2 cm³/mol. The van der Waals surface area contributed by atoms with E-state index in [0.717, 1.165) is 15.2 Å². The summed E-state index contributed by atoms with van der Waals surface area (Å²) in [5.41, 5.74) is 1.44. The molecule has 1 aliphatic heterocycles. The van der Waals surface area contributed by atoms with Gasteiger partial charge in [-0.25, -0.2) is 4.98 Å². The Labute approximate surface area is 147 Å². The molecular weight excluding hydrogens is 348 g/mol. The first kappa shape index (κ1) is 15.2. The molecule has 0 radical (unpaired) electrons. The van der Waals surface area contributed by atoms with Crippen LogP contribution in [0.1, 0.15) is 15.4 Å². The fourth-order valence-electron chi connectivity index (χ4n) is 2.51. The number of nitrogens with one attached hydrogen (secondary N) is 1. The number of halogens is 1. The highest BCUT2D eigenvalue weighted by molar-refractivity contribution is 7.18. The summed E-state index contributed by atoms with van der Waals surface area (Å²) in [6.45, 7) is 0.627. The van der Waals surface area contributed by atoms with Gasteiger partial charge >= 0.3 is 0 Å². The van der Waals surface area contributed by atoms with Gasteiger partial charge in [0.15, 0.2) is 11.5 Å². The molecular formula is C17H13ClN2O3S. The van der Waals surface area contributed by atoms with Crippen LogP contribution in [-0.2, 0) is 6.42 Å². The van der Waals surface area contributed by atoms with E-state index in [1.165, 1.54) is 0 Å². The van der Waals surface area contributed by atoms with Crippen molar-refractivity contribution < 1.29 is 14.3 Å². The van der Waals surface area contributed by atoms with Crippen molar-refractivity contribution in [1.29, 1.82) is 0 Å². The van der Waals surface area contributed by atoms with Gasteiger partial charge in [0.2, 0.25) is 6.79 Å². The van der Waals surface area contributed by atoms with Crippen LogP contribution in [0.25, 0.3) is 10.2 Å². The Kier molecular flexibility index (Phi) is 4.00. The number of amides is 1. The summed E-state index contributed by atoms with van der Waals surface area (Å²) in [5, 5.41) is 4.26. The minimum Gasteiger partial charge on any atom is -0.454 e. The number of nitrogens with zero attached hydrogens (tertiary/aromatic N) is 1. The van der Waals surface area contributed by atoms with E-state index in [2.05, 4.69) is 10.3 Å². The number of thiazole rings is 1. The molecule has 24 heavy (non-hydrogen) atoms. The molecule has 1 aromatic heterocycles. The minimum absolute atomic E-state index is 0.123. The summed E-state index contributed by atoms with van der Waals surface area (Å²) < 4.78 is 11.7. The molecule has 5 nitrogen and oxygen atoms in total. The topological polar surface area (TPSA) is 60.5 Å². The molecule has 2 heterocycles. The predicted octanol–water partition coefficient (Wildman–Crippen LogP) is 3.65. The lowest BCUT2D eigenvalue weighted by Gasteiger charge is -2.06. The van der Waals surface area contributed by atoms with E-state index in [0.29, 0.717) is 35.1 Å². The normalized spacial score (nSPS) is 12.5. The Morgan fingerprint density at radius 3 is 3.04 bits per heavy atom. The zero-order valence-corrected chi connectivity index (χ0v) is 14.1. The zero-order valence-electron chi connectivity index (χ0n) is 12.5. The van der Waals surface area contributed by atoms with Crippen molar-refractivity contribution in [2.75, 3.05) is 13.3 Å². The average Bonchev–Trinajstić information content (AvgIpc) is 3.20. The van der Waals surface area contributed by atoms with E-state index in [1.807, 2.05) is 24.3 Å². The molecule has 1 aliphatic rings. The molecule has 0 saturated heterocycles. The molecule has 1 amide bonds. The number of hydrogen-bond donors (Lipinski definition) is 1. The quantitative estimate of drug-likeness (QED) is 0.771. The lowest BCUT2D eigenvalue weighted by Crippen LogP contribution is -2.25. The van der Waals surface area contributed by atoms with Crippen LogP contribution in [0.3, 0.4) is 0 Å². The second-order valence-electron chi connectivity index (χ2n) is 5.27. The average molecular weight is 361 g/mol. The molecule has 1 N–H and O–H groups in total. The first-order valence-corrected chi connectivity index (χ1v) is 8.62. The van der Waals surface area contributed by atoms with Gasteiger partial charge in [-0.15, -0.1) is 11.3 Å². The molecule has 4 rings (SSSR count). The van der Waals surface area contributed by atoms with Crippen molar-refractivity contribution in [3.63, 3.8) is 0 Å². The molecule has 0 atom stereocenters. The van der Waals surface area contributed by atoms with Crippen molar-refractivity contribution in [3.8, 4) is 11.5 Å². The molecule has 0 saturated carbocycles. The van der Waals surface area contributed by atoms with Crippen LogP contribution >= 0.6 is 22.9 Å². The maximum absolute atomic E-state index is 12.3. The fourth-order valence-corrected chi connectivity index (χ4v) is 3.74. The number of para-hydroxylation sites is 1. The van der Waals surface area contributed by atoms with Crippen LogP contribution in [0.4, 0.5) is 0 Å². The van der Waals surface area contributed by atoms with Crippen LogP contribution in [0.5, 0.6) is 11.5 Å². The highest BCUT2D eigenvalue weighted by Gasteiger charge is 2.20. The Morgan fingerprint density at radius 1 is 1.29 bits per heavy atom. The van der Waals surface area contributed by atoms with E-state index >= 15 is 0 Å².